The standard InChI is InChI=1S/C20H20N4O4/c1-2-24-17-16(19(26)22-20(24)27)14(10-15(21-17)13-8-9-13)18(25)23-28-11-12-6-4-3-5-7-12/h3-7,10,13H,2,8-9,11H2,1H3,(H,23,25)(H,22,26,27). The monoisotopic (exact) mass is 380 g/mol. The third-order valence-corrected chi connectivity index (χ3v) is 4.77. The average molecular weight is 380 g/mol. The summed E-state index contributed by atoms with van der Waals surface area (Å²) in [6.45, 7) is 2.31. The minimum atomic E-state index is -0.632. The molecule has 0 saturated heterocycles. The van der Waals surface area contributed by atoms with Crippen LogP contribution in [0.2, 0.25) is 0 Å². The van der Waals surface area contributed by atoms with Crippen LogP contribution in [0.3, 0.4) is 0 Å². The lowest BCUT2D eigenvalue weighted by Gasteiger charge is -2.12. The lowest BCUT2D eigenvalue weighted by molar-refractivity contribution is 0.0234. The molecule has 1 amide bonds. The largest absolute Gasteiger partial charge is 0.329 e. The number of amides is 1. The molecule has 28 heavy (non-hydrogen) atoms. The van der Waals surface area contributed by atoms with E-state index in [-0.39, 0.29) is 29.1 Å². The zero-order valence-corrected chi connectivity index (χ0v) is 15.4. The molecule has 1 fully saturated rings. The fraction of sp³-hybridized carbons (Fsp3) is 0.300. The van der Waals surface area contributed by atoms with Crippen molar-refractivity contribution in [3.8, 4) is 0 Å². The van der Waals surface area contributed by atoms with Crippen LogP contribution in [-0.4, -0.2) is 20.4 Å². The van der Waals surface area contributed by atoms with E-state index in [0.717, 1.165) is 18.4 Å². The van der Waals surface area contributed by atoms with Crippen LogP contribution >= 0.6 is 0 Å². The highest BCUT2D eigenvalue weighted by Gasteiger charge is 2.28. The summed E-state index contributed by atoms with van der Waals surface area (Å²) in [5.74, 6) is -0.294. The molecule has 0 spiro atoms. The van der Waals surface area contributed by atoms with Gasteiger partial charge < -0.3 is 0 Å². The van der Waals surface area contributed by atoms with Crippen LogP contribution in [0.15, 0.2) is 46.0 Å². The molecule has 1 aliphatic rings. The third-order valence-electron chi connectivity index (χ3n) is 4.77. The molecule has 2 aromatic heterocycles. The molecule has 0 radical (unpaired) electrons. The lowest BCUT2D eigenvalue weighted by Crippen LogP contribution is -2.33. The van der Waals surface area contributed by atoms with E-state index in [9.17, 15) is 14.4 Å². The first-order chi connectivity index (χ1) is 13.6. The Labute approximate surface area is 160 Å². The summed E-state index contributed by atoms with van der Waals surface area (Å²) in [6, 6.07) is 11.0. The van der Waals surface area contributed by atoms with Crippen molar-refractivity contribution in [1.82, 2.24) is 20.0 Å². The second kappa shape index (κ2) is 7.40. The Bertz CT molecular complexity index is 1150. The van der Waals surface area contributed by atoms with Gasteiger partial charge in [-0.25, -0.2) is 15.3 Å². The maximum absolute atomic E-state index is 12.8. The summed E-state index contributed by atoms with van der Waals surface area (Å²) in [4.78, 5) is 49.5. The Morgan fingerprint density at radius 1 is 1.29 bits per heavy atom. The number of benzene rings is 1. The molecular formula is C20H20N4O4. The van der Waals surface area contributed by atoms with E-state index >= 15 is 0 Å². The van der Waals surface area contributed by atoms with Crippen molar-refractivity contribution in [2.24, 2.45) is 0 Å². The molecule has 8 heteroatoms. The Kier molecular flexibility index (Phi) is 4.79. The van der Waals surface area contributed by atoms with Crippen LogP contribution < -0.4 is 16.7 Å². The number of hydroxylamine groups is 1. The molecule has 4 rings (SSSR count). The number of aromatic amines is 1. The maximum atomic E-state index is 12.8. The van der Waals surface area contributed by atoms with Gasteiger partial charge in [0.05, 0.1) is 17.6 Å². The number of carbonyl (C=O) groups excluding carboxylic acids is 1. The first-order valence-corrected chi connectivity index (χ1v) is 9.22. The minimum Gasteiger partial charge on any atom is -0.278 e. The molecule has 1 aromatic carbocycles. The van der Waals surface area contributed by atoms with Crippen molar-refractivity contribution in [3.63, 3.8) is 0 Å². The number of hydrogen-bond donors (Lipinski definition) is 2. The quantitative estimate of drug-likeness (QED) is 0.635. The number of aromatic nitrogens is 3. The van der Waals surface area contributed by atoms with E-state index < -0.39 is 17.2 Å². The zero-order chi connectivity index (χ0) is 19.7. The number of aryl methyl sites for hydroxylation is 1. The fourth-order valence-electron chi connectivity index (χ4n) is 3.17. The molecule has 1 saturated carbocycles. The van der Waals surface area contributed by atoms with E-state index in [1.54, 1.807) is 13.0 Å². The molecule has 0 aliphatic heterocycles. The van der Waals surface area contributed by atoms with Crippen LogP contribution in [0.5, 0.6) is 0 Å². The molecule has 2 N–H and O–H groups in total. The topological polar surface area (TPSA) is 106 Å². The first-order valence-electron chi connectivity index (χ1n) is 9.22. The maximum Gasteiger partial charge on any atom is 0.329 e. The van der Waals surface area contributed by atoms with Gasteiger partial charge in [0, 0.05) is 18.2 Å². The predicted octanol–water partition coefficient (Wildman–Crippen LogP) is 1.84. The van der Waals surface area contributed by atoms with E-state index in [4.69, 9.17) is 4.84 Å². The highest BCUT2D eigenvalue weighted by molar-refractivity contribution is 6.04. The highest BCUT2D eigenvalue weighted by atomic mass is 16.6. The van der Waals surface area contributed by atoms with Crippen LogP contribution in [0.4, 0.5) is 0 Å². The van der Waals surface area contributed by atoms with Crippen molar-refractivity contribution in [1.29, 1.82) is 0 Å². The van der Waals surface area contributed by atoms with Gasteiger partial charge in [-0.2, -0.15) is 0 Å². The number of H-pyrrole nitrogens is 1. The van der Waals surface area contributed by atoms with E-state index in [2.05, 4.69) is 15.4 Å². The summed E-state index contributed by atoms with van der Waals surface area (Å²) in [7, 11) is 0. The van der Waals surface area contributed by atoms with E-state index in [1.165, 1.54) is 4.57 Å². The number of rotatable bonds is 6. The molecule has 0 atom stereocenters. The van der Waals surface area contributed by atoms with Gasteiger partial charge in [0.2, 0.25) is 0 Å². The number of pyridine rings is 1. The van der Waals surface area contributed by atoms with Gasteiger partial charge in [0.15, 0.2) is 5.65 Å². The summed E-state index contributed by atoms with van der Waals surface area (Å²) in [6.07, 6.45) is 1.95. The smallest absolute Gasteiger partial charge is 0.278 e. The first kappa shape index (κ1) is 18.1. The number of hydrogen-bond acceptors (Lipinski definition) is 5. The van der Waals surface area contributed by atoms with Crippen LogP contribution in [0.25, 0.3) is 11.0 Å². The van der Waals surface area contributed by atoms with Crippen LogP contribution in [0, 0.1) is 0 Å². The van der Waals surface area contributed by atoms with Gasteiger partial charge in [-0.1, -0.05) is 30.3 Å². The van der Waals surface area contributed by atoms with Crippen LogP contribution in [-0.2, 0) is 18.0 Å². The second-order valence-corrected chi connectivity index (χ2v) is 6.78. The zero-order valence-electron chi connectivity index (χ0n) is 15.4. The number of fused-ring (bicyclic) bond motifs is 1. The van der Waals surface area contributed by atoms with Gasteiger partial charge in [-0.3, -0.25) is 24.0 Å². The molecule has 144 valence electrons. The number of carbonyl (C=O) groups is 1. The van der Waals surface area contributed by atoms with Crippen molar-refractivity contribution in [3.05, 3.63) is 74.1 Å². The third kappa shape index (κ3) is 3.46. The summed E-state index contributed by atoms with van der Waals surface area (Å²) >= 11 is 0. The second-order valence-electron chi connectivity index (χ2n) is 6.78. The van der Waals surface area contributed by atoms with Gasteiger partial charge >= 0.3 is 5.69 Å². The predicted molar refractivity (Wildman–Crippen MR) is 103 cm³/mol. The normalized spacial score (nSPS) is 13.6. The van der Waals surface area contributed by atoms with E-state index in [0.29, 0.717) is 12.2 Å². The van der Waals surface area contributed by atoms with Gasteiger partial charge in [0.1, 0.15) is 0 Å². The van der Waals surface area contributed by atoms with Crippen LogP contribution in [0.1, 0.15) is 47.3 Å². The number of nitrogens with zero attached hydrogens (tertiary/aromatic N) is 2. The SMILES string of the molecule is CCn1c(=O)[nH]c(=O)c2c(C(=O)NOCc3ccccc3)cc(C3CC3)nc21. The molecule has 3 aromatic rings. The molecule has 1 aliphatic carbocycles. The Hall–Kier alpha value is -3.26. The van der Waals surface area contributed by atoms with Gasteiger partial charge in [-0.05, 0) is 31.4 Å². The van der Waals surface area contributed by atoms with Gasteiger partial charge in [-0.15, -0.1) is 0 Å². The molecular weight excluding hydrogens is 360 g/mol. The van der Waals surface area contributed by atoms with Crippen molar-refractivity contribution < 1.29 is 9.63 Å². The molecule has 8 nitrogen and oxygen atoms in total. The average Bonchev–Trinajstić information content (AvgIpc) is 3.53. The van der Waals surface area contributed by atoms with Crippen molar-refractivity contribution >= 4 is 16.9 Å². The fourth-order valence-corrected chi connectivity index (χ4v) is 3.17. The summed E-state index contributed by atoms with van der Waals surface area (Å²) < 4.78 is 1.37. The summed E-state index contributed by atoms with van der Waals surface area (Å²) in [5.41, 5.74) is 3.24. The Morgan fingerprint density at radius 3 is 2.71 bits per heavy atom. The van der Waals surface area contributed by atoms with Crippen molar-refractivity contribution in [2.45, 2.75) is 38.8 Å². The molecule has 0 bridgehead atoms. The molecule has 0 unspecified atom stereocenters. The Balaban J connectivity index is 1.71. The highest BCUT2D eigenvalue weighted by Crippen LogP contribution is 2.39. The minimum absolute atomic E-state index is 0.0895. The number of nitrogens with one attached hydrogen (secondary N) is 2. The van der Waals surface area contributed by atoms with E-state index in [1.807, 2.05) is 30.3 Å². The molecule has 2 heterocycles. The van der Waals surface area contributed by atoms with Crippen molar-refractivity contribution in [2.75, 3.05) is 0 Å². The van der Waals surface area contributed by atoms with Gasteiger partial charge in [0.25, 0.3) is 11.5 Å². The lowest BCUT2D eigenvalue weighted by atomic mass is 10.1. The summed E-state index contributed by atoms with van der Waals surface area (Å²) in [5, 5.41) is 0.0895. The Morgan fingerprint density at radius 2 is 2.04 bits per heavy atom.